The molecule has 0 heterocycles. The van der Waals surface area contributed by atoms with Gasteiger partial charge in [-0.05, 0) is 0 Å². The van der Waals surface area contributed by atoms with Gasteiger partial charge in [0, 0.05) is 27.4 Å². The van der Waals surface area contributed by atoms with Crippen LogP contribution in [-0.4, -0.2) is 51.7 Å². The molecule has 15 heavy (non-hydrogen) atoms. The Bertz CT molecular complexity index is 301. The molecule has 0 N–H and O–H groups in total. The Morgan fingerprint density at radius 3 is 2.33 bits per heavy atom. The summed E-state index contributed by atoms with van der Waals surface area (Å²) >= 11 is 0. The van der Waals surface area contributed by atoms with E-state index in [-0.39, 0.29) is 17.8 Å². The number of rotatable bonds is 5. The van der Waals surface area contributed by atoms with E-state index in [1.807, 2.05) is 0 Å². The fourth-order valence-corrected chi connectivity index (χ4v) is 0.929. The third-order valence-electron chi connectivity index (χ3n) is 1.53. The van der Waals surface area contributed by atoms with Crippen LogP contribution in [0.5, 0.6) is 0 Å². The number of esters is 1. The summed E-state index contributed by atoms with van der Waals surface area (Å²) < 4.78 is 9.34. The van der Waals surface area contributed by atoms with Crippen molar-refractivity contribution in [2.24, 2.45) is 0 Å². The lowest BCUT2D eigenvalue weighted by Gasteiger charge is -2.10. The number of hydrogen-bond donors (Lipinski definition) is 0. The Labute approximate surface area is 89.0 Å². The van der Waals surface area contributed by atoms with Crippen molar-refractivity contribution in [1.82, 2.24) is 4.90 Å². The third kappa shape index (κ3) is 4.44. The SMILES string of the molecule is COCC(=C=O)/C(=C/N(C)C)C(=O)OC. The first kappa shape index (κ1) is 13.4. The van der Waals surface area contributed by atoms with Crippen molar-refractivity contribution in [2.75, 3.05) is 34.9 Å². The highest BCUT2D eigenvalue weighted by Crippen LogP contribution is 2.09. The minimum absolute atomic E-state index is 0.0261. The van der Waals surface area contributed by atoms with Crippen LogP contribution in [0.4, 0.5) is 0 Å². The van der Waals surface area contributed by atoms with Crippen LogP contribution in [0.2, 0.25) is 0 Å². The topological polar surface area (TPSA) is 55.8 Å². The number of hydrogen-bond acceptors (Lipinski definition) is 5. The molecule has 0 saturated carbocycles. The maximum Gasteiger partial charge on any atom is 0.340 e. The zero-order valence-corrected chi connectivity index (χ0v) is 9.36. The summed E-state index contributed by atoms with van der Waals surface area (Å²) in [4.78, 5) is 23.6. The fourth-order valence-electron chi connectivity index (χ4n) is 0.929. The van der Waals surface area contributed by atoms with Gasteiger partial charge in [-0.3, -0.25) is 0 Å². The first-order valence-corrected chi connectivity index (χ1v) is 4.26. The minimum Gasteiger partial charge on any atom is -0.465 e. The van der Waals surface area contributed by atoms with Crippen LogP contribution >= 0.6 is 0 Å². The van der Waals surface area contributed by atoms with Crippen LogP contribution in [0, 0.1) is 0 Å². The average molecular weight is 213 g/mol. The van der Waals surface area contributed by atoms with Gasteiger partial charge in [-0.15, -0.1) is 0 Å². The molecule has 0 aromatic carbocycles. The van der Waals surface area contributed by atoms with Gasteiger partial charge in [0.2, 0.25) is 0 Å². The Hall–Kier alpha value is -1.58. The number of carbonyl (C=O) groups excluding carboxylic acids is 2. The number of carbonyl (C=O) groups is 1. The molecule has 5 heteroatoms. The summed E-state index contributed by atoms with van der Waals surface area (Å²) in [5.74, 6) is 1.09. The van der Waals surface area contributed by atoms with Gasteiger partial charge >= 0.3 is 5.97 Å². The molecule has 0 rings (SSSR count). The van der Waals surface area contributed by atoms with Gasteiger partial charge in [-0.25, -0.2) is 9.59 Å². The molecule has 0 aromatic heterocycles. The second-order valence-corrected chi connectivity index (χ2v) is 3.01. The molecule has 0 aromatic rings. The molecule has 0 saturated heterocycles. The maximum absolute atomic E-state index is 11.4. The van der Waals surface area contributed by atoms with Crippen LogP contribution in [0.1, 0.15) is 0 Å². The normalized spacial score (nSPS) is 10.5. The summed E-state index contributed by atoms with van der Waals surface area (Å²) in [6, 6.07) is 0. The summed E-state index contributed by atoms with van der Waals surface area (Å²) in [6.07, 6.45) is 1.49. The average Bonchev–Trinajstić information content (AvgIpc) is 2.21. The molecule has 0 fully saturated rings. The van der Waals surface area contributed by atoms with Crippen LogP contribution in [-0.2, 0) is 19.1 Å². The monoisotopic (exact) mass is 213 g/mol. The summed E-state index contributed by atoms with van der Waals surface area (Å²) in [5, 5.41) is 0. The zero-order chi connectivity index (χ0) is 11.8. The highest BCUT2D eigenvalue weighted by molar-refractivity contribution is 5.96. The Morgan fingerprint density at radius 2 is 2.00 bits per heavy atom. The third-order valence-corrected chi connectivity index (χ3v) is 1.53. The van der Waals surface area contributed by atoms with Crippen molar-refractivity contribution in [1.29, 1.82) is 0 Å². The van der Waals surface area contributed by atoms with Gasteiger partial charge in [-0.2, -0.15) is 0 Å². The number of nitrogens with zero attached hydrogens (tertiary/aromatic N) is 1. The molecule has 0 bridgehead atoms. The van der Waals surface area contributed by atoms with Crippen LogP contribution in [0.25, 0.3) is 0 Å². The van der Waals surface area contributed by atoms with Gasteiger partial charge in [0.05, 0.1) is 24.9 Å². The summed E-state index contributed by atoms with van der Waals surface area (Å²) in [6.45, 7) is 0.0261. The van der Waals surface area contributed by atoms with E-state index in [0.29, 0.717) is 0 Å². The Morgan fingerprint density at radius 1 is 1.40 bits per heavy atom. The minimum atomic E-state index is -0.584. The maximum atomic E-state index is 11.4. The molecule has 0 unspecified atom stereocenters. The van der Waals surface area contributed by atoms with Crippen LogP contribution in [0.15, 0.2) is 17.3 Å². The molecule has 5 nitrogen and oxygen atoms in total. The smallest absolute Gasteiger partial charge is 0.340 e. The molecule has 84 valence electrons. The Balaban J connectivity index is 5.09. The molecule has 0 aliphatic carbocycles. The second-order valence-electron chi connectivity index (χ2n) is 3.01. The first-order valence-electron chi connectivity index (χ1n) is 4.26. The van der Waals surface area contributed by atoms with Gasteiger partial charge in [0.15, 0.2) is 0 Å². The van der Waals surface area contributed by atoms with Gasteiger partial charge < -0.3 is 14.4 Å². The predicted molar refractivity (Wildman–Crippen MR) is 54.9 cm³/mol. The van der Waals surface area contributed by atoms with Crippen molar-refractivity contribution in [2.45, 2.75) is 0 Å². The van der Waals surface area contributed by atoms with E-state index < -0.39 is 5.97 Å². The molecule has 0 radical (unpaired) electrons. The lowest BCUT2D eigenvalue weighted by atomic mass is 10.1. The molecule has 0 amide bonds. The first-order chi connectivity index (χ1) is 7.06. The van der Waals surface area contributed by atoms with E-state index >= 15 is 0 Å². The van der Waals surface area contributed by atoms with Crippen molar-refractivity contribution in [3.05, 3.63) is 17.3 Å². The lowest BCUT2D eigenvalue weighted by Crippen LogP contribution is -2.15. The lowest BCUT2D eigenvalue weighted by molar-refractivity contribution is -0.135. The van der Waals surface area contributed by atoms with Gasteiger partial charge in [0.1, 0.15) is 5.94 Å². The van der Waals surface area contributed by atoms with E-state index in [0.717, 1.165) is 0 Å². The van der Waals surface area contributed by atoms with Crippen molar-refractivity contribution < 1.29 is 19.1 Å². The van der Waals surface area contributed by atoms with E-state index in [4.69, 9.17) is 4.74 Å². The molecule has 0 aliphatic rings. The van der Waals surface area contributed by atoms with Crippen molar-refractivity contribution in [3.8, 4) is 0 Å². The van der Waals surface area contributed by atoms with E-state index in [1.165, 1.54) is 20.4 Å². The van der Waals surface area contributed by atoms with Crippen molar-refractivity contribution in [3.63, 3.8) is 0 Å². The molecular weight excluding hydrogens is 198 g/mol. The molecule has 0 atom stereocenters. The largest absolute Gasteiger partial charge is 0.465 e. The van der Waals surface area contributed by atoms with E-state index in [9.17, 15) is 9.59 Å². The van der Waals surface area contributed by atoms with Crippen LogP contribution < -0.4 is 0 Å². The molecule has 0 aliphatic heterocycles. The Kier molecular flexibility index (Phi) is 6.09. The molecular formula is C10H15NO4. The summed E-state index contributed by atoms with van der Waals surface area (Å²) in [5.41, 5.74) is 0.289. The van der Waals surface area contributed by atoms with E-state index in [1.54, 1.807) is 24.9 Å². The van der Waals surface area contributed by atoms with Gasteiger partial charge in [0.25, 0.3) is 0 Å². The fraction of sp³-hybridized carbons (Fsp3) is 0.500. The zero-order valence-electron chi connectivity index (χ0n) is 9.36. The standard InChI is InChI=1S/C10H15NO4/c1-11(2)5-9(10(13)15-4)8(6-12)7-14-3/h5H,7H2,1-4H3/b9-5-. The highest BCUT2D eigenvalue weighted by atomic mass is 16.5. The predicted octanol–water partition coefficient (Wildman–Crippen LogP) is 0.00930. The van der Waals surface area contributed by atoms with Crippen molar-refractivity contribution >= 4 is 11.9 Å². The van der Waals surface area contributed by atoms with Gasteiger partial charge in [-0.1, -0.05) is 0 Å². The highest BCUT2D eigenvalue weighted by Gasteiger charge is 2.16. The number of ether oxygens (including phenoxy) is 2. The van der Waals surface area contributed by atoms with Crippen LogP contribution in [0.3, 0.4) is 0 Å². The molecule has 0 spiro atoms. The summed E-state index contributed by atoms with van der Waals surface area (Å²) in [7, 11) is 6.15. The number of methoxy groups -OCH3 is 2. The van der Waals surface area contributed by atoms with E-state index in [2.05, 4.69) is 4.74 Å². The quantitative estimate of drug-likeness (QED) is 0.279. The second kappa shape index (κ2) is 6.81.